The summed E-state index contributed by atoms with van der Waals surface area (Å²) in [5.74, 6) is 2.45. The average molecular weight is 264 g/mol. The Balaban J connectivity index is 1.39. The summed E-state index contributed by atoms with van der Waals surface area (Å²) in [4.78, 5) is 12.1. The maximum atomic E-state index is 12.1. The maximum absolute atomic E-state index is 12.1. The van der Waals surface area contributed by atoms with E-state index >= 15 is 0 Å². The number of hydrogen-bond acceptors (Lipinski definition) is 2. The lowest BCUT2D eigenvalue weighted by Crippen LogP contribution is -2.40. The van der Waals surface area contributed by atoms with Crippen LogP contribution in [0.25, 0.3) is 0 Å². The van der Waals surface area contributed by atoms with Gasteiger partial charge in [-0.05, 0) is 49.9 Å². The summed E-state index contributed by atoms with van der Waals surface area (Å²) in [6, 6.07) is 1.40. The SMILES string of the molecule is CC1CCCC1CNC(=O)CC1CC2CCC(C1)N2. The van der Waals surface area contributed by atoms with E-state index in [-0.39, 0.29) is 0 Å². The molecule has 0 aromatic carbocycles. The van der Waals surface area contributed by atoms with Crippen molar-refractivity contribution in [3.63, 3.8) is 0 Å². The molecule has 2 heterocycles. The van der Waals surface area contributed by atoms with Crippen LogP contribution in [0.5, 0.6) is 0 Å². The van der Waals surface area contributed by atoms with E-state index in [1.54, 1.807) is 0 Å². The summed E-state index contributed by atoms with van der Waals surface area (Å²) in [6.07, 6.45) is 9.82. The Kier molecular flexibility index (Phi) is 4.11. The molecule has 3 rings (SSSR count). The minimum Gasteiger partial charge on any atom is -0.356 e. The number of fused-ring (bicyclic) bond motifs is 2. The zero-order valence-electron chi connectivity index (χ0n) is 12.2. The van der Waals surface area contributed by atoms with Gasteiger partial charge in [-0.3, -0.25) is 4.79 Å². The molecular weight excluding hydrogens is 236 g/mol. The molecular formula is C16H28N2O. The second-order valence-electron chi connectivity index (χ2n) is 7.15. The predicted octanol–water partition coefficient (Wildman–Crippen LogP) is 2.46. The van der Waals surface area contributed by atoms with Gasteiger partial charge in [0.15, 0.2) is 0 Å². The van der Waals surface area contributed by atoms with Crippen LogP contribution in [0.3, 0.4) is 0 Å². The molecule has 3 aliphatic rings. The molecule has 3 nitrogen and oxygen atoms in total. The molecule has 0 radical (unpaired) electrons. The van der Waals surface area contributed by atoms with Crippen molar-refractivity contribution >= 4 is 5.91 Å². The lowest BCUT2D eigenvalue weighted by molar-refractivity contribution is -0.122. The van der Waals surface area contributed by atoms with E-state index < -0.39 is 0 Å². The largest absolute Gasteiger partial charge is 0.356 e. The van der Waals surface area contributed by atoms with Gasteiger partial charge in [0.2, 0.25) is 5.91 Å². The Morgan fingerprint density at radius 2 is 1.89 bits per heavy atom. The van der Waals surface area contributed by atoms with Crippen LogP contribution in [-0.2, 0) is 4.79 Å². The molecule has 1 amide bonds. The summed E-state index contributed by atoms with van der Waals surface area (Å²) in [5, 5.41) is 6.84. The highest BCUT2D eigenvalue weighted by molar-refractivity contribution is 5.76. The first-order valence-corrected chi connectivity index (χ1v) is 8.23. The fourth-order valence-corrected chi connectivity index (χ4v) is 4.45. The first-order chi connectivity index (χ1) is 9.20. The van der Waals surface area contributed by atoms with Crippen LogP contribution in [0.2, 0.25) is 0 Å². The second kappa shape index (κ2) is 5.82. The van der Waals surface area contributed by atoms with Crippen LogP contribution in [0.1, 0.15) is 58.3 Å². The zero-order chi connectivity index (χ0) is 13.2. The van der Waals surface area contributed by atoms with Crippen molar-refractivity contribution < 1.29 is 4.79 Å². The molecule has 108 valence electrons. The monoisotopic (exact) mass is 264 g/mol. The quantitative estimate of drug-likeness (QED) is 0.819. The number of carbonyl (C=O) groups is 1. The molecule has 2 N–H and O–H groups in total. The van der Waals surface area contributed by atoms with E-state index in [1.807, 2.05) is 0 Å². The first kappa shape index (κ1) is 13.4. The van der Waals surface area contributed by atoms with Crippen LogP contribution in [0, 0.1) is 17.8 Å². The Morgan fingerprint density at radius 3 is 2.53 bits per heavy atom. The molecule has 3 heteroatoms. The van der Waals surface area contributed by atoms with Gasteiger partial charge in [-0.1, -0.05) is 19.8 Å². The zero-order valence-corrected chi connectivity index (χ0v) is 12.2. The second-order valence-corrected chi connectivity index (χ2v) is 7.15. The standard InChI is InChI=1S/C16H28N2O/c1-11-3-2-4-13(11)10-17-16(19)9-12-7-14-5-6-15(8-12)18-14/h11-15,18H,2-10H2,1H3,(H,17,19). The minimum absolute atomic E-state index is 0.297. The molecule has 3 fully saturated rings. The van der Waals surface area contributed by atoms with Crippen molar-refractivity contribution in [1.82, 2.24) is 10.6 Å². The lowest BCUT2D eigenvalue weighted by Gasteiger charge is -2.28. The molecule has 4 atom stereocenters. The third-order valence-electron chi connectivity index (χ3n) is 5.65. The van der Waals surface area contributed by atoms with E-state index in [9.17, 15) is 4.79 Å². The smallest absolute Gasteiger partial charge is 0.220 e. The van der Waals surface area contributed by atoms with Crippen molar-refractivity contribution in [3.05, 3.63) is 0 Å². The van der Waals surface area contributed by atoms with Gasteiger partial charge in [-0.25, -0.2) is 0 Å². The van der Waals surface area contributed by atoms with E-state index in [0.717, 1.165) is 24.8 Å². The number of nitrogens with one attached hydrogen (secondary N) is 2. The number of rotatable bonds is 4. The number of amides is 1. The lowest BCUT2D eigenvalue weighted by atomic mass is 9.89. The van der Waals surface area contributed by atoms with Gasteiger partial charge < -0.3 is 10.6 Å². The molecule has 0 aromatic rings. The molecule has 19 heavy (non-hydrogen) atoms. The molecule has 0 spiro atoms. The van der Waals surface area contributed by atoms with Crippen LogP contribution in [0.15, 0.2) is 0 Å². The van der Waals surface area contributed by atoms with Gasteiger partial charge in [0, 0.05) is 25.0 Å². The van der Waals surface area contributed by atoms with Gasteiger partial charge in [-0.2, -0.15) is 0 Å². The van der Waals surface area contributed by atoms with Gasteiger partial charge in [0.25, 0.3) is 0 Å². The third kappa shape index (κ3) is 3.31. The third-order valence-corrected chi connectivity index (χ3v) is 5.65. The van der Waals surface area contributed by atoms with Crippen molar-refractivity contribution in [2.45, 2.75) is 70.4 Å². The number of piperidine rings is 1. The van der Waals surface area contributed by atoms with Crippen LogP contribution in [0.4, 0.5) is 0 Å². The minimum atomic E-state index is 0.297. The van der Waals surface area contributed by atoms with Crippen LogP contribution < -0.4 is 10.6 Å². The van der Waals surface area contributed by atoms with Crippen LogP contribution >= 0.6 is 0 Å². The molecule has 4 unspecified atom stereocenters. The Labute approximate surface area is 116 Å². The maximum Gasteiger partial charge on any atom is 0.220 e. The van der Waals surface area contributed by atoms with E-state index in [4.69, 9.17) is 0 Å². The molecule has 0 aromatic heterocycles. The predicted molar refractivity (Wildman–Crippen MR) is 76.8 cm³/mol. The topological polar surface area (TPSA) is 41.1 Å². The van der Waals surface area contributed by atoms with Crippen molar-refractivity contribution in [1.29, 1.82) is 0 Å². The van der Waals surface area contributed by atoms with E-state index in [2.05, 4.69) is 17.6 Å². The number of carbonyl (C=O) groups excluding carboxylic acids is 1. The Hall–Kier alpha value is -0.570. The van der Waals surface area contributed by atoms with Gasteiger partial charge in [0.05, 0.1) is 0 Å². The van der Waals surface area contributed by atoms with Crippen molar-refractivity contribution in [2.75, 3.05) is 6.54 Å². The van der Waals surface area contributed by atoms with Crippen molar-refractivity contribution in [2.24, 2.45) is 17.8 Å². The van der Waals surface area contributed by atoms with Gasteiger partial charge in [-0.15, -0.1) is 0 Å². The molecule has 2 bridgehead atoms. The molecule has 1 saturated carbocycles. The molecule has 2 aliphatic heterocycles. The molecule has 1 aliphatic carbocycles. The summed E-state index contributed by atoms with van der Waals surface area (Å²) in [6.45, 7) is 3.24. The fourth-order valence-electron chi connectivity index (χ4n) is 4.45. The van der Waals surface area contributed by atoms with E-state index in [1.165, 1.54) is 44.9 Å². The summed E-state index contributed by atoms with van der Waals surface area (Å²) in [7, 11) is 0. The van der Waals surface area contributed by atoms with Crippen LogP contribution in [-0.4, -0.2) is 24.5 Å². The van der Waals surface area contributed by atoms with E-state index in [0.29, 0.717) is 23.9 Å². The van der Waals surface area contributed by atoms with Crippen molar-refractivity contribution in [3.8, 4) is 0 Å². The first-order valence-electron chi connectivity index (χ1n) is 8.23. The average Bonchev–Trinajstić information content (AvgIpc) is 2.93. The highest BCUT2D eigenvalue weighted by Gasteiger charge is 2.34. The number of hydrogen-bond donors (Lipinski definition) is 2. The normalized spacial score (nSPS) is 41.4. The Bertz CT molecular complexity index is 319. The highest BCUT2D eigenvalue weighted by Crippen LogP contribution is 2.33. The summed E-state index contributed by atoms with van der Waals surface area (Å²) < 4.78 is 0. The van der Waals surface area contributed by atoms with Gasteiger partial charge in [0.1, 0.15) is 0 Å². The van der Waals surface area contributed by atoms with Gasteiger partial charge >= 0.3 is 0 Å². The molecule has 2 saturated heterocycles. The summed E-state index contributed by atoms with van der Waals surface area (Å²) >= 11 is 0. The fraction of sp³-hybridized carbons (Fsp3) is 0.938. The highest BCUT2D eigenvalue weighted by atomic mass is 16.1. The summed E-state index contributed by atoms with van der Waals surface area (Å²) in [5.41, 5.74) is 0. The Morgan fingerprint density at radius 1 is 1.16 bits per heavy atom.